The minimum atomic E-state index is 0.358. The second-order valence-corrected chi connectivity index (χ2v) is 6.22. The molecule has 2 aliphatic heterocycles. The lowest BCUT2D eigenvalue weighted by molar-refractivity contribution is 0.113. The molecule has 2 aromatic rings. The number of rotatable bonds is 2. The summed E-state index contributed by atoms with van der Waals surface area (Å²) in [7, 11) is 1.66. The molecule has 5 nitrogen and oxygen atoms in total. The summed E-state index contributed by atoms with van der Waals surface area (Å²) in [6, 6.07) is 4.44. The van der Waals surface area contributed by atoms with Gasteiger partial charge >= 0.3 is 0 Å². The SMILES string of the molecule is COc1ccc2c(N3CC[C@@H]4OCC[C@@H]43)ncnc2c1Br. The molecule has 0 saturated carbocycles. The molecule has 3 heterocycles. The fourth-order valence-electron chi connectivity index (χ4n) is 3.41. The van der Waals surface area contributed by atoms with Crippen LogP contribution in [0, 0.1) is 0 Å². The minimum absolute atomic E-state index is 0.358. The van der Waals surface area contributed by atoms with Gasteiger partial charge in [0, 0.05) is 18.5 Å². The molecule has 0 unspecified atom stereocenters. The molecule has 0 N–H and O–H groups in total. The molecular formula is C15H16BrN3O2. The molecular weight excluding hydrogens is 334 g/mol. The molecule has 2 aliphatic rings. The zero-order chi connectivity index (χ0) is 14.4. The van der Waals surface area contributed by atoms with Gasteiger partial charge in [-0.3, -0.25) is 0 Å². The lowest BCUT2D eigenvalue weighted by atomic mass is 10.1. The standard InChI is InChI=1S/C15H16BrN3O2/c1-20-12-3-2-9-14(13(12)16)17-8-18-15(9)19-6-4-11-10(19)5-7-21-11/h2-3,8,10-11H,4-7H2,1H3/t10-,11-/m0/s1. The smallest absolute Gasteiger partial charge is 0.140 e. The number of aromatic nitrogens is 2. The number of methoxy groups -OCH3 is 1. The fraction of sp³-hybridized carbons (Fsp3) is 0.467. The Bertz CT molecular complexity index is 694. The van der Waals surface area contributed by atoms with E-state index in [0.717, 1.165) is 52.9 Å². The Balaban J connectivity index is 1.84. The Morgan fingerprint density at radius 1 is 1.33 bits per heavy atom. The van der Waals surface area contributed by atoms with Gasteiger partial charge in [0.15, 0.2) is 0 Å². The third-order valence-electron chi connectivity index (χ3n) is 4.41. The van der Waals surface area contributed by atoms with Crippen molar-refractivity contribution in [2.75, 3.05) is 25.2 Å². The Morgan fingerprint density at radius 3 is 3.10 bits per heavy atom. The Hall–Kier alpha value is -1.40. The normalized spacial score (nSPS) is 24.6. The van der Waals surface area contributed by atoms with Crippen LogP contribution in [0.4, 0.5) is 5.82 Å². The van der Waals surface area contributed by atoms with Gasteiger partial charge < -0.3 is 14.4 Å². The van der Waals surface area contributed by atoms with Crippen molar-refractivity contribution >= 4 is 32.7 Å². The highest BCUT2D eigenvalue weighted by molar-refractivity contribution is 9.10. The number of hydrogen-bond acceptors (Lipinski definition) is 5. The van der Waals surface area contributed by atoms with Gasteiger partial charge in [-0.15, -0.1) is 0 Å². The van der Waals surface area contributed by atoms with Crippen LogP contribution in [0.25, 0.3) is 10.9 Å². The van der Waals surface area contributed by atoms with Crippen LogP contribution in [0.5, 0.6) is 5.75 Å². The Morgan fingerprint density at radius 2 is 2.24 bits per heavy atom. The van der Waals surface area contributed by atoms with E-state index in [2.05, 4.69) is 30.8 Å². The fourth-order valence-corrected chi connectivity index (χ4v) is 4.02. The number of nitrogens with zero attached hydrogens (tertiary/aromatic N) is 3. The van der Waals surface area contributed by atoms with E-state index in [1.165, 1.54) is 0 Å². The highest BCUT2D eigenvalue weighted by Crippen LogP contribution is 2.38. The average Bonchev–Trinajstić information content (AvgIpc) is 3.10. The molecule has 21 heavy (non-hydrogen) atoms. The maximum absolute atomic E-state index is 5.79. The van der Waals surface area contributed by atoms with Crippen LogP contribution < -0.4 is 9.64 Å². The van der Waals surface area contributed by atoms with Gasteiger partial charge in [-0.2, -0.15) is 0 Å². The van der Waals surface area contributed by atoms with E-state index in [-0.39, 0.29) is 0 Å². The van der Waals surface area contributed by atoms with Crippen LogP contribution in [0.1, 0.15) is 12.8 Å². The van der Waals surface area contributed by atoms with Gasteiger partial charge in [0.2, 0.25) is 0 Å². The largest absolute Gasteiger partial charge is 0.495 e. The zero-order valence-corrected chi connectivity index (χ0v) is 13.3. The number of ether oxygens (including phenoxy) is 2. The van der Waals surface area contributed by atoms with Gasteiger partial charge in [-0.25, -0.2) is 9.97 Å². The molecule has 110 valence electrons. The van der Waals surface area contributed by atoms with Crippen LogP contribution in [-0.4, -0.2) is 42.4 Å². The van der Waals surface area contributed by atoms with Crippen molar-refractivity contribution in [3.63, 3.8) is 0 Å². The van der Waals surface area contributed by atoms with E-state index in [4.69, 9.17) is 9.47 Å². The predicted molar refractivity (Wildman–Crippen MR) is 83.9 cm³/mol. The summed E-state index contributed by atoms with van der Waals surface area (Å²) in [6.45, 7) is 1.84. The molecule has 6 heteroatoms. The highest BCUT2D eigenvalue weighted by Gasteiger charge is 2.39. The van der Waals surface area contributed by atoms with Gasteiger partial charge in [0.25, 0.3) is 0 Å². The van der Waals surface area contributed by atoms with E-state index in [1.54, 1.807) is 13.4 Å². The second-order valence-electron chi connectivity index (χ2n) is 5.42. The molecule has 4 rings (SSSR count). The molecule has 0 radical (unpaired) electrons. The number of benzene rings is 1. The maximum Gasteiger partial charge on any atom is 0.140 e. The van der Waals surface area contributed by atoms with E-state index in [0.29, 0.717) is 12.1 Å². The summed E-state index contributed by atoms with van der Waals surface area (Å²) in [5.41, 5.74) is 0.890. The first kappa shape index (κ1) is 13.3. The molecule has 2 saturated heterocycles. The van der Waals surface area contributed by atoms with Crippen molar-refractivity contribution in [1.29, 1.82) is 0 Å². The third kappa shape index (κ3) is 2.00. The Kier molecular flexibility index (Phi) is 3.23. The molecule has 2 atom stereocenters. The summed E-state index contributed by atoms with van der Waals surface area (Å²) in [4.78, 5) is 11.3. The number of anilines is 1. The van der Waals surface area contributed by atoms with E-state index in [9.17, 15) is 0 Å². The van der Waals surface area contributed by atoms with Crippen LogP contribution in [-0.2, 0) is 4.74 Å². The van der Waals surface area contributed by atoms with Crippen molar-refractivity contribution in [3.05, 3.63) is 22.9 Å². The minimum Gasteiger partial charge on any atom is -0.495 e. The number of fused-ring (bicyclic) bond motifs is 2. The molecule has 2 fully saturated rings. The first-order valence-corrected chi connectivity index (χ1v) is 7.94. The molecule has 0 bridgehead atoms. The quantitative estimate of drug-likeness (QED) is 0.834. The average molecular weight is 350 g/mol. The van der Waals surface area contributed by atoms with E-state index >= 15 is 0 Å². The third-order valence-corrected chi connectivity index (χ3v) is 5.18. The molecule has 0 amide bonds. The molecule has 0 spiro atoms. The first-order chi connectivity index (χ1) is 10.3. The molecule has 0 aliphatic carbocycles. The van der Waals surface area contributed by atoms with Gasteiger partial charge in [0.1, 0.15) is 17.9 Å². The Labute approximate surface area is 131 Å². The monoisotopic (exact) mass is 349 g/mol. The van der Waals surface area contributed by atoms with Crippen LogP contribution in [0.2, 0.25) is 0 Å². The summed E-state index contributed by atoms with van der Waals surface area (Å²) in [5, 5.41) is 1.05. The van der Waals surface area contributed by atoms with Crippen molar-refractivity contribution < 1.29 is 9.47 Å². The zero-order valence-electron chi connectivity index (χ0n) is 11.8. The highest BCUT2D eigenvalue weighted by atomic mass is 79.9. The molecule has 1 aromatic heterocycles. The van der Waals surface area contributed by atoms with E-state index in [1.807, 2.05) is 12.1 Å². The van der Waals surface area contributed by atoms with Crippen molar-refractivity contribution in [3.8, 4) is 5.75 Å². The summed E-state index contributed by atoms with van der Waals surface area (Å²) in [5.74, 6) is 1.79. The van der Waals surface area contributed by atoms with Crippen LogP contribution >= 0.6 is 15.9 Å². The number of halogens is 1. The molecule has 1 aromatic carbocycles. The van der Waals surface area contributed by atoms with Gasteiger partial charge in [-0.05, 0) is 40.9 Å². The first-order valence-electron chi connectivity index (χ1n) is 7.15. The van der Waals surface area contributed by atoms with Crippen molar-refractivity contribution in [2.45, 2.75) is 25.0 Å². The van der Waals surface area contributed by atoms with Gasteiger partial charge in [0.05, 0.1) is 29.2 Å². The lowest BCUT2D eigenvalue weighted by Crippen LogP contribution is -2.32. The van der Waals surface area contributed by atoms with Crippen molar-refractivity contribution in [2.24, 2.45) is 0 Å². The topological polar surface area (TPSA) is 47.5 Å². The van der Waals surface area contributed by atoms with E-state index < -0.39 is 0 Å². The summed E-state index contributed by atoms with van der Waals surface area (Å²) in [6.07, 6.45) is 4.14. The predicted octanol–water partition coefficient (Wildman–Crippen LogP) is 2.77. The van der Waals surface area contributed by atoms with Crippen molar-refractivity contribution in [1.82, 2.24) is 9.97 Å². The van der Waals surface area contributed by atoms with Crippen LogP contribution in [0.15, 0.2) is 22.9 Å². The summed E-state index contributed by atoms with van der Waals surface area (Å²) < 4.78 is 12.0. The lowest BCUT2D eigenvalue weighted by Gasteiger charge is -2.25. The summed E-state index contributed by atoms with van der Waals surface area (Å²) >= 11 is 3.58. The second kappa shape index (κ2) is 5.10. The maximum atomic E-state index is 5.79. The number of hydrogen-bond donors (Lipinski definition) is 0. The van der Waals surface area contributed by atoms with Crippen LogP contribution in [0.3, 0.4) is 0 Å². The van der Waals surface area contributed by atoms with Gasteiger partial charge in [-0.1, -0.05) is 0 Å².